The van der Waals surface area contributed by atoms with Crippen molar-refractivity contribution in [2.75, 3.05) is 43.7 Å². The number of hydrogen-bond acceptors (Lipinski definition) is 5. The normalized spacial score (nSPS) is 15.7. The van der Waals surface area contributed by atoms with Gasteiger partial charge in [-0.2, -0.15) is 13.2 Å². The predicted octanol–water partition coefficient (Wildman–Crippen LogP) is 5.66. The molecule has 1 fully saturated rings. The highest BCUT2D eigenvalue weighted by atomic mass is 19.4. The summed E-state index contributed by atoms with van der Waals surface area (Å²) in [4.78, 5) is 13.7. The van der Waals surface area contributed by atoms with Crippen molar-refractivity contribution >= 4 is 23.0 Å². The van der Waals surface area contributed by atoms with E-state index in [0.717, 1.165) is 42.8 Å². The van der Waals surface area contributed by atoms with Gasteiger partial charge in [0.15, 0.2) is 0 Å². The Bertz CT molecular complexity index is 944. The Kier molecular flexibility index (Phi) is 8.79. The van der Waals surface area contributed by atoms with Gasteiger partial charge in [-0.3, -0.25) is 4.79 Å². The van der Waals surface area contributed by atoms with Gasteiger partial charge >= 0.3 is 12.1 Å². The zero-order valence-electron chi connectivity index (χ0n) is 19.4. The standard InChI is InChI=1S/C25H31F3N2O4/c1-3-30(21-10-12-34-13-11-21)23-9-4-17(18(16-33-2)15-24(31)32)14-22(23)29-20-7-5-19(6-8-20)25(26,27)28/h4-9,14,18,21,29H,3,10-13,15-16H2,1-2H3,(H,31,32). The maximum atomic E-state index is 13.0. The third kappa shape index (κ3) is 6.64. The van der Waals surface area contributed by atoms with E-state index in [0.29, 0.717) is 24.6 Å². The highest BCUT2D eigenvalue weighted by Gasteiger charge is 2.30. The van der Waals surface area contributed by atoms with Crippen molar-refractivity contribution in [1.29, 1.82) is 0 Å². The van der Waals surface area contributed by atoms with Crippen molar-refractivity contribution in [2.45, 2.75) is 44.3 Å². The third-order valence-electron chi connectivity index (χ3n) is 6.05. The highest BCUT2D eigenvalue weighted by molar-refractivity contribution is 5.77. The number of anilines is 3. The minimum Gasteiger partial charge on any atom is -0.481 e. The Morgan fingerprint density at radius 1 is 1.21 bits per heavy atom. The number of benzene rings is 2. The van der Waals surface area contributed by atoms with Crippen LogP contribution in [0.2, 0.25) is 0 Å². The number of nitrogens with one attached hydrogen (secondary N) is 1. The summed E-state index contributed by atoms with van der Waals surface area (Å²) < 4.78 is 49.7. The molecule has 0 spiro atoms. The number of rotatable bonds is 10. The summed E-state index contributed by atoms with van der Waals surface area (Å²) in [6.45, 7) is 4.39. The molecule has 2 aromatic rings. The molecule has 2 aromatic carbocycles. The van der Waals surface area contributed by atoms with Gasteiger partial charge < -0.3 is 24.8 Å². The van der Waals surface area contributed by atoms with E-state index in [1.54, 1.807) is 0 Å². The van der Waals surface area contributed by atoms with E-state index in [2.05, 4.69) is 17.1 Å². The van der Waals surface area contributed by atoms with Crippen molar-refractivity contribution in [1.82, 2.24) is 0 Å². The minimum absolute atomic E-state index is 0.0929. The predicted molar refractivity (Wildman–Crippen MR) is 125 cm³/mol. The van der Waals surface area contributed by atoms with E-state index in [1.165, 1.54) is 19.2 Å². The van der Waals surface area contributed by atoms with Gasteiger partial charge in [0, 0.05) is 44.5 Å². The van der Waals surface area contributed by atoms with E-state index in [-0.39, 0.29) is 25.0 Å². The summed E-state index contributed by atoms with van der Waals surface area (Å²) in [7, 11) is 1.52. The summed E-state index contributed by atoms with van der Waals surface area (Å²) in [6.07, 6.45) is -2.75. The van der Waals surface area contributed by atoms with E-state index in [4.69, 9.17) is 9.47 Å². The zero-order chi connectivity index (χ0) is 24.7. The first kappa shape index (κ1) is 25.8. The van der Waals surface area contributed by atoms with E-state index in [1.807, 2.05) is 18.2 Å². The molecule has 1 atom stereocenters. The Morgan fingerprint density at radius 2 is 1.88 bits per heavy atom. The lowest BCUT2D eigenvalue weighted by molar-refractivity contribution is -0.138. The second-order valence-electron chi connectivity index (χ2n) is 8.36. The van der Waals surface area contributed by atoms with Crippen LogP contribution in [0.5, 0.6) is 0 Å². The lowest BCUT2D eigenvalue weighted by Gasteiger charge is -2.37. The van der Waals surface area contributed by atoms with Crippen molar-refractivity contribution in [3.05, 3.63) is 53.6 Å². The molecule has 34 heavy (non-hydrogen) atoms. The lowest BCUT2D eigenvalue weighted by atomic mass is 9.94. The molecule has 3 rings (SSSR count). The zero-order valence-corrected chi connectivity index (χ0v) is 19.4. The second-order valence-corrected chi connectivity index (χ2v) is 8.36. The molecule has 1 aliphatic heterocycles. The van der Waals surface area contributed by atoms with Gasteiger partial charge in [0.25, 0.3) is 0 Å². The molecule has 0 bridgehead atoms. The molecule has 6 nitrogen and oxygen atoms in total. The average Bonchev–Trinajstić information content (AvgIpc) is 2.80. The van der Waals surface area contributed by atoms with Crippen LogP contribution in [0.25, 0.3) is 0 Å². The molecule has 2 N–H and O–H groups in total. The van der Waals surface area contributed by atoms with Crippen LogP contribution in [0.1, 0.15) is 43.2 Å². The van der Waals surface area contributed by atoms with Crippen LogP contribution in [-0.2, 0) is 20.4 Å². The molecule has 1 heterocycles. The fraction of sp³-hybridized carbons (Fsp3) is 0.480. The molecule has 1 aliphatic rings. The molecule has 0 saturated carbocycles. The van der Waals surface area contributed by atoms with Crippen LogP contribution in [0.3, 0.4) is 0 Å². The topological polar surface area (TPSA) is 71.0 Å². The summed E-state index contributed by atoms with van der Waals surface area (Å²) >= 11 is 0. The number of aliphatic carboxylic acids is 1. The van der Waals surface area contributed by atoms with Gasteiger partial charge in [-0.25, -0.2) is 0 Å². The van der Waals surface area contributed by atoms with Crippen molar-refractivity contribution < 1.29 is 32.5 Å². The molecule has 9 heteroatoms. The van der Waals surface area contributed by atoms with Gasteiger partial charge in [0.1, 0.15) is 0 Å². The maximum Gasteiger partial charge on any atom is 0.416 e. The Balaban J connectivity index is 1.99. The van der Waals surface area contributed by atoms with E-state index >= 15 is 0 Å². The summed E-state index contributed by atoms with van der Waals surface area (Å²) in [5.41, 5.74) is 2.19. The first-order chi connectivity index (χ1) is 16.2. The quantitative estimate of drug-likeness (QED) is 0.457. The molecule has 0 amide bonds. The molecule has 1 unspecified atom stereocenters. The van der Waals surface area contributed by atoms with Gasteiger partial charge in [-0.15, -0.1) is 0 Å². The molecule has 0 aliphatic carbocycles. The number of nitrogens with zero attached hydrogens (tertiary/aromatic N) is 1. The molecular weight excluding hydrogens is 449 g/mol. The third-order valence-corrected chi connectivity index (χ3v) is 6.05. The summed E-state index contributed by atoms with van der Waals surface area (Å²) in [5, 5.41) is 12.6. The van der Waals surface area contributed by atoms with Crippen molar-refractivity contribution in [2.24, 2.45) is 0 Å². The van der Waals surface area contributed by atoms with E-state index < -0.39 is 17.7 Å². The van der Waals surface area contributed by atoms with Crippen LogP contribution in [0.4, 0.5) is 30.2 Å². The SMILES string of the molecule is CCN(c1ccc(C(COC)CC(=O)O)cc1Nc1ccc(C(F)(F)F)cc1)C1CCOCC1. The average molecular weight is 481 g/mol. The number of carboxylic acid groups (broad SMARTS) is 1. The van der Waals surface area contributed by atoms with Crippen molar-refractivity contribution in [3.8, 4) is 0 Å². The molecular formula is C25H31F3N2O4. The number of hydrogen-bond donors (Lipinski definition) is 2. The Labute approximate surface area is 197 Å². The molecule has 186 valence electrons. The van der Waals surface area contributed by atoms with E-state index in [9.17, 15) is 23.1 Å². The van der Waals surface area contributed by atoms with Gasteiger partial charge in [-0.05, 0) is 61.7 Å². The van der Waals surface area contributed by atoms with Crippen LogP contribution in [0.15, 0.2) is 42.5 Å². The van der Waals surface area contributed by atoms with Gasteiger partial charge in [0.05, 0.1) is 30.0 Å². The van der Waals surface area contributed by atoms with Crippen LogP contribution >= 0.6 is 0 Å². The smallest absolute Gasteiger partial charge is 0.416 e. The first-order valence-corrected chi connectivity index (χ1v) is 11.4. The number of carbonyl (C=O) groups is 1. The monoisotopic (exact) mass is 480 g/mol. The van der Waals surface area contributed by atoms with Crippen LogP contribution < -0.4 is 10.2 Å². The second kappa shape index (κ2) is 11.6. The fourth-order valence-electron chi connectivity index (χ4n) is 4.36. The number of alkyl halides is 3. The fourth-order valence-corrected chi connectivity index (χ4v) is 4.36. The lowest BCUT2D eigenvalue weighted by Crippen LogP contribution is -2.39. The minimum atomic E-state index is -4.41. The Hall–Kier alpha value is -2.78. The van der Waals surface area contributed by atoms with Gasteiger partial charge in [0.2, 0.25) is 0 Å². The summed E-state index contributed by atoms with van der Waals surface area (Å²) in [6, 6.07) is 10.9. The van der Waals surface area contributed by atoms with Gasteiger partial charge in [-0.1, -0.05) is 6.07 Å². The Morgan fingerprint density at radius 3 is 2.44 bits per heavy atom. The number of methoxy groups -OCH3 is 1. The first-order valence-electron chi connectivity index (χ1n) is 11.4. The van der Waals surface area contributed by atoms with Crippen LogP contribution in [0, 0.1) is 0 Å². The number of carboxylic acids is 1. The van der Waals surface area contributed by atoms with Crippen LogP contribution in [-0.4, -0.2) is 50.6 Å². The number of ether oxygens (including phenoxy) is 2. The summed E-state index contributed by atoms with van der Waals surface area (Å²) in [5.74, 6) is -1.29. The molecule has 0 radical (unpaired) electrons. The number of halogens is 3. The molecule has 1 saturated heterocycles. The highest BCUT2D eigenvalue weighted by Crippen LogP contribution is 2.36. The molecule has 0 aromatic heterocycles. The largest absolute Gasteiger partial charge is 0.481 e. The maximum absolute atomic E-state index is 13.0. The van der Waals surface area contributed by atoms with Crippen molar-refractivity contribution in [3.63, 3.8) is 0 Å².